The van der Waals surface area contributed by atoms with E-state index in [0.717, 1.165) is 31.5 Å². The molecule has 110 valence electrons. The van der Waals surface area contributed by atoms with Crippen LogP contribution in [0.3, 0.4) is 0 Å². The van der Waals surface area contributed by atoms with Crippen LogP contribution in [-0.2, 0) is 6.54 Å². The van der Waals surface area contributed by atoms with Gasteiger partial charge in [0.1, 0.15) is 5.82 Å². The van der Waals surface area contributed by atoms with Crippen molar-refractivity contribution in [2.24, 2.45) is 0 Å². The monoisotopic (exact) mass is 274 g/mol. The Morgan fingerprint density at radius 3 is 2.75 bits per heavy atom. The number of aromatic nitrogens is 1. The normalized spacial score (nSPS) is 24.2. The molecule has 3 rings (SSSR count). The Kier molecular flexibility index (Phi) is 4.53. The first kappa shape index (κ1) is 13.8. The van der Waals surface area contributed by atoms with Gasteiger partial charge in [0.2, 0.25) is 0 Å². The zero-order chi connectivity index (χ0) is 13.8. The first-order valence-corrected chi connectivity index (χ1v) is 7.95. The van der Waals surface area contributed by atoms with Crippen molar-refractivity contribution in [3.05, 3.63) is 23.9 Å². The zero-order valence-electron chi connectivity index (χ0n) is 12.5. The third-order valence-corrected chi connectivity index (χ3v) is 4.58. The van der Waals surface area contributed by atoms with Crippen LogP contribution in [0.2, 0.25) is 0 Å². The van der Waals surface area contributed by atoms with Gasteiger partial charge in [-0.3, -0.25) is 4.90 Å². The fourth-order valence-electron chi connectivity index (χ4n) is 3.44. The molecule has 2 saturated heterocycles. The van der Waals surface area contributed by atoms with E-state index in [2.05, 4.69) is 32.2 Å². The Morgan fingerprint density at radius 2 is 2.05 bits per heavy atom. The number of pyridine rings is 1. The highest BCUT2D eigenvalue weighted by Crippen LogP contribution is 2.23. The van der Waals surface area contributed by atoms with Crippen molar-refractivity contribution in [1.29, 1.82) is 0 Å². The fourth-order valence-corrected chi connectivity index (χ4v) is 3.44. The fraction of sp³-hybridized carbons (Fsp3) is 0.688. The van der Waals surface area contributed by atoms with Crippen LogP contribution in [0.15, 0.2) is 18.3 Å². The molecule has 1 unspecified atom stereocenters. The second-order valence-corrected chi connectivity index (χ2v) is 6.04. The van der Waals surface area contributed by atoms with Gasteiger partial charge in [-0.2, -0.15) is 0 Å². The summed E-state index contributed by atoms with van der Waals surface area (Å²) in [6.45, 7) is 5.79. The highest BCUT2D eigenvalue weighted by Gasteiger charge is 2.28. The molecule has 0 spiro atoms. The second kappa shape index (κ2) is 6.55. The van der Waals surface area contributed by atoms with Crippen LogP contribution in [-0.4, -0.2) is 49.2 Å². The lowest BCUT2D eigenvalue weighted by atomic mass is 10.1. The smallest absolute Gasteiger partial charge is 0.128 e. The molecule has 1 N–H and O–H groups in total. The molecule has 3 heterocycles. The average molecular weight is 274 g/mol. The van der Waals surface area contributed by atoms with Crippen LogP contribution >= 0.6 is 0 Å². The summed E-state index contributed by atoms with van der Waals surface area (Å²) in [4.78, 5) is 9.77. The third-order valence-electron chi connectivity index (χ3n) is 4.58. The number of nitrogens with one attached hydrogen (secondary N) is 1. The van der Waals surface area contributed by atoms with Gasteiger partial charge in [-0.05, 0) is 51.0 Å². The maximum Gasteiger partial charge on any atom is 0.128 e. The quantitative estimate of drug-likeness (QED) is 0.908. The minimum absolute atomic E-state index is 0.745. The summed E-state index contributed by atoms with van der Waals surface area (Å²) < 4.78 is 0. The molecule has 2 aliphatic heterocycles. The van der Waals surface area contributed by atoms with E-state index in [9.17, 15) is 0 Å². The second-order valence-electron chi connectivity index (χ2n) is 6.04. The summed E-state index contributed by atoms with van der Waals surface area (Å²) in [6.07, 6.45) is 7.47. The predicted octanol–water partition coefficient (Wildman–Crippen LogP) is 1.87. The van der Waals surface area contributed by atoms with E-state index in [-0.39, 0.29) is 0 Å². The number of hydrogen-bond acceptors (Lipinski definition) is 4. The van der Waals surface area contributed by atoms with Crippen molar-refractivity contribution in [3.8, 4) is 0 Å². The number of likely N-dealkylation sites (tertiary alicyclic amines) is 1. The highest BCUT2D eigenvalue weighted by molar-refractivity contribution is 5.41. The molecule has 2 fully saturated rings. The first-order valence-electron chi connectivity index (χ1n) is 7.95. The summed E-state index contributed by atoms with van der Waals surface area (Å²) in [5, 5.41) is 3.16. The van der Waals surface area contributed by atoms with E-state index in [1.807, 2.05) is 13.2 Å². The summed E-state index contributed by atoms with van der Waals surface area (Å²) in [5.41, 5.74) is 1.25. The van der Waals surface area contributed by atoms with Crippen LogP contribution in [0, 0.1) is 0 Å². The van der Waals surface area contributed by atoms with Crippen LogP contribution in [0.4, 0.5) is 5.82 Å². The van der Waals surface area contributed by atoms with Gasteiger partial charge in [0.15, 0.2) is 0 Å². The Labute approximate surface area is 122 Å². The van der Waals surface area contributed by atoms with Gasteiger partial charge in [0.25, 0.3) is 0 Å². The van der Waals surface area contributed by atoms with Crippen LogP contribution in [0.25, 0.3) is 0 Å². The third kappa shape index (κ3) is 3.13. The highest BCUT2D eigenvalue weighted by atomic mass is 15.3. The average Bonchev–Trinajstić information content (AvgIpc) is 2.99. The van der Waals surface area contributed by atoms with E-state index in [0.29, 0.717) is 0 Å². The largest absolute Gasteiger partial charge is 0.355 e. The van der Waals surface area contributed by atoms with Crippen molar-refractivity contribution < 1.29 is 0 Å². The summed E-state index contributed by atoms with van der Waals surface area (Å²) >= 11 is 0. The molecule has 20 heavy (non-hydrogen) atoms. The lowest BCUT2D eigenvalue weighted by molar-refractivity contribution is 0.175. The molecule has 0 saturated carbocycles. The van der Waals surface area contributed by atoms with Gasteiger partial charge in [-0.25, -0.2) is 4.98 Å². The molecule has 1 aromatic heterocycles. The number of hydrogen-bond donors (Lipinski definition) is 1. The summed E-state index contributed by atoms with van der Waals surface area (Å²) in [5.74, 6) is 1.14. The van der Waals surface area contributed by atoms with Gasteiger partial charge in [-0.15, -0.1) is 0 Å². The van der Waals surface area contributed by atoms with Gasteiger partial charge in [-0.1, -0.05) is 12.5 Å². The molecule has 0 radical (unpaired) electrons. The molecule has 0 aromatic carbocycles. The van der Waals surface area contributed by atoms with E-state index < -0.39 is 0 Å². The van der Waals surface area contributed by atoms with E-state index >= 15 is 0 Å². The molecule has 1 atom stereocenters. The zero-order valence-corrected chi connectivity index (χ0v) is 12.5. The van der Waals surface area contributed by atoms with E-state index in [1.54, 1.807) is 0 Å². The number of piperidine rings is 1. The lowest BCUT2D eigenvalue weighted by Gasteiger charge is -2.32. The van der Waals surface area contributed by atoms with Gasteiger partial charge < -0.3 is 10.2 Å². The Bertz CT molecular complexity index is 411. The standard InChI is InChI=1S/C16H26N4/c1-17-11-14-5-6-16(18-12-14)20-10-7-15(13-20)19-8-3-2-4-9-19/h5-6,12,15,17H,2-4,7-11,13H2,1H3. The van der Waals surface area contributed by atoms with E-state index in [4.69, 9.17) is 0 Å². The molecular weight excluding hydrogens is 248 g/mol. The van der Waals surface area contributed by atoms with Crippen molar-refractivity contribution >= 4 is 5.82 Å². The summed E-state index contributed by atoms with van der Waals surface area (Å²) in [6, 6.07) is 5.10. The molecular formula is C16H26N4. The molecule has 0 aliphatic carbocycles. The van der Waals surface area contributed by atoms with Gasteiger partial charge in [0, 0.05) is 31.9 Å². The minimum atomic E-state index is 0.745. The molecule has 4 nitrogen and oxygen atoms in total. The maximum absolute atomic E-state index is 4.63. The number of nitrogens with zero attached hydrogens (tertiary/aromatic N) is 3. The number of anilines is 1. The van der Waals surface area contributed by atoms with Crippen LogP contribution in [0.1, 0.15) is 31.2 Å². The first-order chi connectivity index (χ1) is 9.86. The van der Waals surface area contributed by atoms with Crippen molar-refractivity contribution in [1.82, 2.24) is 15.2 Å². The van der Waals surface area contributed by atoms with Gasteiger partial charge >= 0.3 is 0 Å². The Hall–Kier alpha value is -1.13. The van der Waals surface area contributed by atoms with E-state index in [1.165, 1.54) is 44.3 Å². The topological polar surface area (TPSA) is 31.4 Å². The molecule has 2 aliphatic rings. The minimum Gasteiger partial charge on any atom is -0.355 e. The van der Waals surface area contributed by atoms with Crippen LogP contribution in [0.5, 0.6) is 0 Å². The Morgan fingerprint density at radius 1 is 1.20 bits per heavy atom. The van der Waals surface area contributed by atoms with Crippen molar-refractivity contribution in [2.45, 2.75) is 38.3 Å². The van der Waals surface area contributed by atoms with Crippen LogP contribution < -0.4 is 10.2 Å². The van der Waals surface area contributed by atoms with Gasteiger partial charge in [0.05, 0.1) is 0 Å². The number of rotatable bonds is 4. The van der Waals surface area contributed by atoms with Crippen molar-refractivity contribution in [3.63, 3.8) is 0 Å². The van der Waals surface area contributed by atoms with Crippen molar-refractivity contribution in [2.75, 3.05) is 38.1 Å². The maximum atomic E-state index is 4.63. The molecule has 1 aromatic rings. The molecule has 4 heteroatoms. The lowest BCUT2D eigenvalue weighted by Crippen LogP contribution is -2.40. The molecule has 0 amide bonds. The molecule has 0 bridgehead atoms. The predicted molar refractivity (Wildman–Crippen MR) is 83.0 cm³/mol. The Balaban J connectivity index is 1.58. The summed E-state index contributed by atoms with van der Waals surface area (Å²) in [7, 11) is 1.97. The SMILES string of the molecule is CNCc1ccc(N2CCC(N3CCCCC3)C2)nc1.